The van der Waals surface area contributed by atoms with E-state index in [2.05, 4.69) is 59.5 Å². The highest BCUT2D eigenvalue weighted by Gasteiger charge is 2.49. The first kappa shape index (κ1) is 107. The van der Waals surface area contributed by atoms with Gasteiger partial charge in [0.05, 0.1) is 51.4 Å². The van der Waals surface area contributed by atoms with E-state index in [1.807, 2.05) is 6.92 Å². The lowest BCUT2D eigenvalue weighted by Crippen LogP contribution is -2.60. The molecule has 9 atom stereocenters. The number of aliphatic carboxylic acids is 2. The van der Waals surface area contributed by atoms with Gasteiger partial charge in [0.25, 0.3) is 46.0 Å². The summed E-state index contributed by atoms with van der Waals surface area (Å²) in [5.41, 5.74) is 6.63. The van der Waals surface area contributed by atoms with Gasteiger partial charge in [-0.1, -0.05) is 191 Å². The number of ether oxygens (including phenoxy) is 3. The van der Waals surface area contributed by atoms with E-state index < -0.39 is 147 Å². The number of pyridine rings is 1. The van der Waals surface area contributed by atoms with Crippen LogP contribution in [0.4, 0.5) is 0 Å². The number of carboxylic acid groups (broad SMARTS) is 2. The molecule has 4 amide bonds. The van der Waals surface area contributed by atoms with Gasteiger partial charge in [0.1, 0.15) is 53.6 Å². The lowest BCUT2D eigenvalue weighted by atomic mass is 9.82. The Balaban J connectivity index is 0.000000185. The zero-order valence-corrected chi connectivity index (χ0v) is 82.6. The summed E-state index contributed by atoms with van der Waals surface area (Å²) < 4.78 is 124. The Hall–Kier alpha value is -10.5. The highest BCUT2D eigenvalue weighted by molar-refractivity contribution is 7.91. The summed E-state index contributed by atoms with van der Waals surface area (Å²) in [7, 11) is -12.0. The molecule has 6 saturated carbocycles. The zero-order valence-electron chi connectivity index (χ0n) is 77.8. The number of sulfonamides is 4. The molecule has 6 heterocycles. The number of carbonyl (C=O) groups excluding carboxylic acids is 7. The molecule has 0 spiro atoms. The van der Waals surface area contributed by atoms with Gasteiger partial charge in [-0.25, -0.2) is 53.0 Å². The van der Waals surface area contributed by atoms with Crippen LogP contribution in [0.15, 0.2) is 155 Å². The topological polar surface area (TPSA) is 534 Å². The highest BCUT2D eigenvalue weighted by Crippen LogP contribution is 2.38. The predicted octanol–water partition coefficient (Wildman–Crippen LogP) is 10.3. The maximum Gasteiger partial charge on any atom is 0.330 e. The number of nitrogens with one attached hydrogen (secondary N) is 7. The zero-order chi connectivity index (χ0) is 98.0. The average molecular weight is 2020 g/mol. The maximum atomic E-state index is 14.8. The van der Waals surface area contributed by atoms with E-state index >= 15 is 0 Å². The van der Waals surface area contributed by atoms with E-state index in [1.54, 1.807) is 106 Å². The van der Waals surface area contributed by atoms with Crippen LogP contribution in [0.2, 0.25) is 5.02 Å². The molecular formula is C95H126Cl2N14O22S4. The van der Waals surface area contributed by atoms with E-state index in [4.69, 9.17) is 31.8 Å². The number of aliphatic imine (C=N–C) groups is 4. The molecule has 36 nitrogen and oxygen atoms in total. The fourth-order valence-corrected chi connectivity index (χ4v) is 24.2. The number of rotatable bonds is 25. The number of likely N-dealkylation sites (tertiary alicyclic amines) is 1. The summed E-state index contributed by atoms with van der Waals surface area (Å²) in [5, 5.41) is 27.8. The van der Waals surface area contributed by atoms with Gasteiger partial charge >= 0.3 is 23.9 Å². The van der Waals surface area contributed by atoms with E-state index in [-0.39, 0.29) is 116 Å². The molecule has 7 fully saturated rings. The van der Waals surface area contributed by atoms with Crippen LogP contribution in [-0.2, 0) is 92.7 Å². The van der Waals surface area contributed by atoms with Gasteiger partial charge in [0.15, 0.2) is 18.1 Å². The number of amides is 4. The van der Waals surface area contributed by atoms with Crippen molar-refractivity contribution >= 4 is 141 Å². The Kier molecular flexibility index (Phi) is 37.4. The van der Waals surface area contributed by atoms with Crippen LogP contribution in [0.3, 0.4) is 0 Å². The number of nitrogens with two attached hydrogens (primary N) is 1. The molecular weight excluding hydrogens is 1890 g/mol. The number of ketones is 1. The molecule has 746 valence electrons. The summed E-state index contributed by atoms with van der Waals surface area (Å²) in [4.78, 5) is 140. The van der Waals surface area contributed by atoms with Crippen LogP contribution in [0.25, 0.3) is 0 Å². The third-order valence-electron chi connectivity index (χ3n) is 26.5. The number of amidine groups is 4. The number of carboxylic acids is 2. The lowest BCUT2D eigenvalue weighted by Gasteiger charge is -2.37. The second kappa shape index (κ2) is 47.9. The molecule has 0 bridgehead atoms. The molecule has 11 aliphatic rings. The van der Waals surface area contributed by atoms with Crippen LogP contribution in [0, 0.1) is 35.0 Å². The molecule has 11 N–H and O–H groups in total. The van der Waals surface area contributed by atoms with Gasteiger partial charge in [-0.3, -0.25) is 67.6 Å². The second-order valence-electron chi connectivity index (χ2n) is 37.4. The average Bonchev–Trinajstić information content (AvgIpc) is 1.63. The van der Waals surface area contributed by atoms with Gasteiger partial charge in [-0.2, -0.15) is 0 Å². The van der Waals surface area contributed by atoms with Crippen molar-refractivity contribution in [3.63, 3.8) is 0 Å². The molecule has 5 aromatic rings. The minimum Gasteiger partial charge on any atom is -0.480 e. The molecule has 6 aliphatic carbocycles. The molecule has 0 unspecified atom stereocenters. The largest absolute Gasteiger partial charge is 0.480 e. The van der Waals surface area contributed by atoms with Crippen molar-refractivity contribution in [1.82, 2.24) is 44.7 Å². The van der Waals surface area contributed by atoms with E-state index in [0.717, 1.165) is 141 Å². The fourth-order valence-electron chi connectivity index (χ4n) is 19.2. The van der Waals surface area contributed by atoms with E-state index in [1.165, 1.54) is 68.8 Å². The highest BCUT2D eigenvalue weighted by atomic mass is 35.5. The monoisotopic (exact) mass is 2010 g/mol. The Morgan fingerprint density at radius 1 is 0.496 bits per heavy atom. The normalized spacial score (nSPS) is 22.9. The van der Waals surface area contributed by atoms with Crippen LogP contribution < -0.4 is 45.3 Å². The van der Waals surface area contributed by atoms with Gasteiger partial charge in [-0.05, 0) is 173 Å². The Bertz CT molecular complexity index is 5670. The molecule has 42 heteroatoms. The maximum absolute atomic E-state index is 14.8. The number of Topliss-reactive ketones (excluding diaryl/α,β-unsaturated/α-hetero) is 1. The number of halogens is 2. The van der Waals surface area contributed by atoms with Crippen molar-refractivity contribution in [2.24, 2.45) is 60.7 Å². The number of nitrogens with zero attached hydrogens (tertiary/aromatic N) is 6. The Morgan fingerprint density at radius 3 is 1.20 bits per heavy atom. The number of fused-ring (bicyclic) bond motifs is 4. The number of aromatic nitrogens is 1. The van der Waals surface area contributed by atoms with Crippen molar-refractivity contribution in [3.05, 3.63) is 143 Å². The summed E-state index contributed by atoms with van der Waals surface area (Å²) in [6.07, 6.45) is 27.7. The van der Waals surface area contributed by atoms with E-state index in [0.29, 0.717) is 52.5 Å². The molecule has 0 radical (unpaired) electrons. The van der Waals surface area contributed by atoms with Gasteiger partial charge in [0.2, 0.25) is 29.4 Å². The van der Waals surface area contributed by atoms with Crippen LogP contribution in [-0.4, -0.2) is 212 Å². The molecule has 5 aliphatic heterocycles. The fraction of sp³-hybridized carbons (Fsp3) is 0.558. The van der Waals surface area contributed by atoms with Gasteiger partial charge < -0.3 is 51.0 Å². The smallest absolute Gasteiger partial charge is 0.330 e. The minimum atomic E-state index is -3.87. The Labute approximate surface area is 811 Å². The van der Waals surface area contributed by atoms with Gasteiger partial charge in [0, 0.05) is 47.0 Å². The summed E-state index contributed by atoms with van der Waals surface area (Å²) in [5.74, 6) is -4.90. The molecule has 16 rings (SSSR count). The van der Waals surface area contributed by atoms with Crippen LogP contribution in [0.5, 0.6) is 5.88 Å². The summed E-state index contributed by atoms with van der Waals surface area (Å²) in [6.45, 7) is 7.17. The second-order valence-corrected chi connectivity index (χ2v) is 44.4. The van der Waals surface area contributed by atoms with Crippen LogP contribution in [0.1, 0.15) is 243 Å². The molecule has 4 aromatic carbocycles. The number of methoxy groups -OCH3 is 2. The standard InChI is InChI=1S/C40H52ClN7O8S.C16H20N2O4S.2C15H18N2O4S.C9H17NO2.ClH/c1-5-11-28(33(49)38(52)43-25-17-18-25)44-36(50)29-20-26(56-31-19-16-24(41)21-42-31)22-48(29)39(53)34(40(2,3)4)46-37(51)32(23-12-7-6-8-13-23)45-35-27-14-9-10-15-30(27)57(54,55)47-35;1-22-16(19)14(11-7-3-2-4-8-11)17-15-12-9-5-6-10-13(12)23(20,21)18-15;2*18-15(19)13(10-6-2-1-3-7-10)16-14-11-8-4-5-9-12(11)22(20,21)17-14;1-12-9(11)8(10)7-5-3-2-4-6-7;/h9-10,14-16,19,21,23,25-26,28-29,32,34H,5-8,11-13,17-18,20,22H2,1-4H3,(H,43,52)(H,44,50)(H,45,47)(H,46,51);5-6,9-11,14H,2-4,7-8H2,1H3,(H,17,18);2*4-5,8-10,13H,1-3,6-7H2,(H,16,17)(H,18,19);7-8H,2-6,10H2,1H3;1H/t26-,28+,29+,32+,34-;14-;2*13-;8-;/m10000./s1. The minimum absolute atomic E-state index is 0. The van der Waals surface area contributed by atoms with Crippen molar-refractivity contribution in [2.45, 2.75) is 300 Å². The number of hydrogen-bond acceptors (Lipinski definition) is 26. The van der Waals surface area contributed by atoms with E-state index in [9.17, 15) is 87.0 Å². The third-order valence-corrected chi connectivity index (χ3v) is 32.4. The van der Waals surface area contributed by atoms with Crippen molar-refractivity contribution < 1.29 is 101 Å². The lowest BCUT2D eigenvalue weighted by molar-refractivity contribution is -0.145. The number of benzene rings is 4. The first-order valence-corrected chi connectivity index (χ1v) is 53.3. The van der Waals surface area contributed by atoms with Crippen LogP contribution >= 0.6 is 24.0 Å². The first-order chi connectivity index (χ1) is 64.8. The number of hydrogen-bond donors (Lipinski definition) is 10. The summed E-state index contributed by atoms with van der Waals surface area (Å²) >= 11 is 6.03. The molecule has 137 heavy (non-hydrogen) atoms. The van der Waals surface area contributed by atoms with Gasteiger partial charge in [-0.15, -0.1) is 12.4 Å². The number of carbonyl (C=O) groups is 9. The van der Waals surface area contributed by atoms with Crippen molar-refractivity contribution in [1.29, 1.82) is 0 Å². The quantitative estimate of drug-likeness (QED) is 0.0192. The first-order valence-electron chi connectivity index (χ1n) is 47.0. The Morgan fingerprint density at radius 2 is 0.854 bits per heavy atom. The molecule has 1 aromatic heterocycles. The SMILES string of the molecule is CCC[C@H](NC(=O)[C@@H]1C[C@@H](Oc2ccc(Cl)cn2)CN1C(=O)[C@@H](NC(=O)[C@@H](N=C1NS(=O)(=O)c2ccccc21)C1CCCCC1)C(C)(C)C)C(=O)C(=O)NC1CC1.COC(=O)[C@@H](N)C1CCCCC1.COC(=O)[C@@H](N=C1NS(=O)(=O)c2ccccc21)C1CCCCC1.Cl.O=C(O)[C@@H](N=C1NS(=O)(=O)c2ccccc21)C1CCCCC1.O=C(O)[C@@H](N=C1NS(=O)(=O)c2ccccc21)C1CCCCC1. The summed E-state index contributed by atoms with van der Waals surface area (Å²) in [6, 6.07) is 21.9. The number of esters is 2. The third kappa shape index (κ3) is 27.6. The van der Waals surface area contributed by atoms with Crippen molar-refractivity contribution in [3.8, 4) is 5.88 Å². The molecule has 1 saturated heterocycles. The van der Waals surface area contributed by atoms with Crippen molar-refractivity contribution in [2.75, 3.05) is 20.8 Å². The predicted molar refractivity (Wildman–Crippen MR) is 514 cm³/mol.